The van der Waals surface area contributed by atoms with Crippen molar-refractivity contribution in [1.29, 1.82) is 0 Å². The van der Waals surface area contributed by atoms with E-state index in [1.807, 2.05) is 11.6 Å². The molecule has 5 nitrogen and oxygen atoms in total. The summed E-state index contributed by atoms with van der Waals surface area (Å²) in [4.78, 5) is 11.8. The molecule has 1 fully saturated rings. The molecule has 5 heteroatoms. The van der Waals surface area contributed by atoms with Gasteiger partial charge < -0.3 is 11.1 Å². The predicted molar refractivity (Wildman–Crippen MR) is 79.4 cm³/mol. The van der Waals surface area contributed by atoms with E-state index in [-0.39, 0.29) is 5.91 Å². The van der Waals surface area contributed by atoms with Gasteiger partial charge >= 0.3 is 0 Å². The van der Waals surface area contributed by atoms with E-state index in [9.17, 15) is 4.79 Å². The molecule has 1 aliphatic rings. The van der Waals surface area contributed by atoms with Gasteiger partial charge in [-0.05, 0) is 45.1 Å². The van der Waals surface area contributed by atoms with Crippen LogP contribution in [0.5, 0.6) is 0 Å². The molecule has 0 aliphatic heterocycles. The lowest BCUT2D eigenvalue weighted by Gasteiger charge is -2.27. The quantitative estimate of drug-likeness (QED) is 0.755. The van der Waals surface area contributed by atoms with Crippen LogP contribution in [0.25, 0.3) is 0 Å². The van der Waals surface area contributed by atoms with Crippen LogP contribution < -0.4 is 11.1 Å². The summed E-state index contributed by atoms with van der Waals surface area (Å²) >= 11 is 0. The van der Waals surface area contributed by atoms with Crippen LogP contribution in [0, 0.1) is 0 Å². The van der Waals surface area contributed by atoms with Crippen molar-refractivity contribution >= 4 is 5.91 Å². The van der Waals surface area contributed by atoms with E-state index in [1.54, 1.807) is 0 Å². The second-order valence-electron chi connectivity index (χ2n) is 5.92. The molecule has 1 heterocycles. The van der Waals surface area contributed by atoms with Crippen molar-refractivity contribution in [2.45, 2.75) is 71.0 Å². The third kappa shape index (κ3) is 3.39. The summed E-state index contributed by atoms with van der Waals surface area (Å²) in [6.45, 7) is 6.86. The van der Waals surface area contributed by atoms with Crippen molar-refractivity contribution in [1.82, 2.24) is 15.1 Å². The lowest BCUT2D eigenvalue weighted by Crippen LogP contribution is -2.54. The number of rotatable bonds is 8. The summed E-state index contributed by atoms with van der Waals surface area (Å²) in [5.74, 6) is -0.273. The Hall–Kier alpha value is -1.36. The van der Waals surface area contributed by atoms with Crippen molar-refractivity contribution in [2.75, 3.05) is 0 Å². The molecule has 1 amide bonds. The van der Waals surface area contributed by atoms with Gasteiger partial charge in [-0.15, -0.1) is 0 Å². The highest BCUT2D eigenvalue weighted by atomic mass is 16.1. The molecular weight excluding hydrogens is 252 g/mol. The summed E-state index contributed by atoms with van der Waals surface area (Å²) in [6, 6.07) is 2.61. The number of primary amides is 1. The molecule has 0 saturated heterocycles. The lowest BCUT2D eigenvalue weighted by molar-refractivity contribution is -0.124. The van der Waals surface area contributed by atoms with Gasteiger partial charge in [-0.2, -0.15) is 5.10 Å². The Labute approximate surface area is 120 Å². The van der Waals surface area contributed by atoms with Gasteiger partial charge in [0.2, 0.25) is 5.91 Å². The van der Waals surface area contributed by atoms with Gasteiger partial charge in [-0.3, -0.25) is 9.48 Å². The molecular formula is C15H26N4O. The van der Waals surface area contributed by atoms with Gasteiger partial charge in [0.15, 0.2) is 0 Å². The molecule has 2 rings (SSSR count). The molecule has 1 saturated carbocycles. The van der Waals surface area contributed by atoms with E-state index in [0.717, 1.165) is 37.9 Å². The molecule has 1 aromatic heterocycles. The average Bonchev–Trinajstić information content (AvgIpc) is 3.13. The Morgan fingerprint density at radius 2 is 2.20 bits per heavy atom. The van der Waals surface area contributed by atoms with Gasteiger partial charge in [0.1, 0.15) is 0 Å². The van der Waals surface area contributed by atoms with Crippen LogP contribution in [0.3, 0.4) is 0 Å². The second kappa shape index (κ2) is 5.95. The van der Waals surface area contributed by atoms with Gasteiger partial charge in [-0.1, -0.05) is 13.8 Å². The Kier molecular flexibility index (Phi) is 4.48. The first-order valence-corrected chi connectivity index (χ1v) is 7.61. The van der Waals surface area contributed by atoms with E-state index in [1.165, 1.54) is 5.69 Å². The third-order valence-corrected chi connectivity index (χ3v) is 4.11. The van der Waals surface area contributed by atoms with E-state index < -0.39 is 5.54 Å². The van der Waals surface area contributed by atoms with Crippen LogP contribution in [-0.4, -0.2) is 27.3 Å². The first-order valence-electron chi connectivity index (χ1n) is 7.61. The predicted octanol–water partition coefficient (Wildman–Crippen LogP) is 1.39. The summed E-state index contributed by atoms with van der Waals surface area (Å²) in [5.41, 5.74) is 7.28. The number of aromatic nitrogens is 2. The number of amides is 1. The smallest absolute Gasteiger partial charge is 0.237 e. The highest BCUT2D eigenvalue weighted by molar-refractivity contribution is 5.84. The van der Waals surface area contributed by atoms with Gasteiger partial charge in [0.05, 0.1) is 11.2 Å². The summed E-state index contributed by atoms with van der Waals surface area (Å²) in [5, 5.41) is 7.97. The molecule has 112 valence electrons. The SMILES string of the molecule is CCc1cc(CC)n(CCC(C)(NC2CC2)C(N)=O)n1. The Morgan fingerprint density at radius 1 is 1.50 bits per heavy atom. The van der Waals surface area contributed by atoms with Crippen molar-refractivity contribution in [3.05, 3.63) is 17.5 Å². The summed E-state index contributed by atoms with van der Waals surface area (Å²) in [6.07, 6.45) is 4.86. The largest absolute Gasteiger partial charge is 0.368 e. The number of nitrogens with two attached hydrogens (primary N) is 1. The molecule has 3 N–H and O–H groups in total. The van der Waals surface area contributed by atoms with Crippen molar-refractivity contribution in [3.8, 4) is 0 Å². The average molecular weight is 278 g/mol. The van der Waals surface area contributed by atoms with E-state index in [0.29, 0.717) is 12.5 Å². The zero-order valence-corrected chi connectivity index (χ0v) is 12.8. The fourth-order valence-electron chi connectivity index (χ4n) is 2.44. The number of carbonyl (C=O) groups excluding carboxylic acids is 1. The summed E-state index contributed by atoms with van der Waals surface area (Å²) in [7, 11) is 0. The highest BCUT2D eigenvalue weighted by Gasteiger charge is 2.36. The maximum atomic E-state index is 11.8. The zero-order chi connectivity index (χ0) is 14.8. The molecule has 0 bridgehead atoms. The third-order valence-electron chi connectivity index (χ3n) is 4.11. The van der Waals surface area contributed by atoms with Crippen LogP contribution in [0.15, 0.2) is 6.07 Å². The number of nitrogens with one attached hydrogen (secondary N) is 1. The second-order valence-corrected chi connectivity index (χ2v) is 5.92. The van der Waals surface area contributed by atoms with Crippen molar-refractivity contribution in [3.63, 3.8) is 0 Å². The number of hydrogen-bond acceptors (Lipinski definition) is 3. The molecule has 1 unspecified atom stereocenters. The minimum absolute atomic E-state index is 0.273. The minimum Gasteiger partial charge on any atom is -0.368 e. The van der Waals surface area contributed by atoms with E-state index in [2.05, 4.69) is 30.3 Å². The molecule has 0 aromatic carbocycles. The maximum Gasteiger partial charge on any atom is 0.237 e. The number of carbonyl (C=O) groups is 1. The molecule has 1 aromatic rings. The van der Waals surface area contributed by atoms with Crippen molar-refractivity contribution < 1.29 is 4.79 Å². The van der Waals surface area contributed by atoms with Crippen LogP contribution in [-0.2, 0) is 24.2 Å². The monoisotopic (exact) mass is 278 g/mol. The van der Waals surface area contributed by atoms with Crippen LogP contribution in [0.1, 0.15) is 51.4 Å². The lowest BCUT2D eigenvalue weighted by atomic mass is 9.96. The molecule has 1 aliphatic carbocycles. The van der Waals surface area contributed by atoms with Gasteiger partial charge in [-0.25, -0.2) is 0 Å². The minimum atomic E-state index is -0.634. The van der Waals surface area contributed by atoms with Crippen LogP contribution >= 0.6 is 0 Å². The normalized spacial score (nSPS) is 17.9. The topological polar surface area (TPSA) is 72.9 Å². The number of aryl methyl sites for hydroxylation is 3. The van der Waals surface area contributed by atoms with Gasteiger partial charge in [0, 0.05) is 18.3 Å². The van der Waals surface area contributed by atoms with Gasteiger partial charge in [0.25, 0.3) is 0 Å². The standard InChI is InChI=1S/C15H26N4O/c1-4-11-10-13(5-2)19(18-11)9-8-15(3,14(16)20)17-12-6-7-12/h10,12,17H,4-9H2,1-3H3,(H2,16,20). The molecule has 0 radical (unpaired) electrons. The van der Waals surface area contributed by atoms with E-state index >= 15 is 0 Å². The first kappa shape index (κ1) is 15.0. The Balaban J connectivity index is 2.04. The summed E-state index contributed by atoms with van der Waals surface area (Å²) < 4.78 is 2.02. The maximum absolute atomic E-state index is 11.8. The Morgan fingerprint density at radius 3 is 2.70 bits per heavy atom. The molecule has 1 atom stereocenters. The Bertz CT molecular complexity index is 478. The number of hydrogen-bond donors (Lipinski definition) is 2. The zero-order valence-electron chi connectivity index (χ0n) is 12.8. The molecule has 20 heavy (non-hydrogen) atoms. The van der Waals surface area contributed by atoms with Crippen LogP contribution in [0.4, 0.5) is 0 Å². The fourth-order valence-corrected chi connectivity index (χ4v) is 2.44. The first-order chi connectivity index (χ1) is 9.48. The molecule has 0 spiro atoms. The van der Waals surface area contributed by atoms with Crippen molar-refractivity contribution in [2.24, 2.45) is 5.73 Å². The van der Waals surface area contributed by atoms with Crippen LogP contribution in [0.2, 0.25) is 0 Å². The number of nitrogens with zero attached hydrogens (tertiary/aromatic N) is 2. The van der Waals surface area contributed by atoms with E-state index in [4.69, 9.17) is 5.73 Å². The fraction of sp³-hybridized carbons (Fsp3) is 0.733. The highest BCUT2D eigenvalue weighted by Crippen LogP contribution is 2.24.